The Morgan fingerprint density at radius 3 is 2.28 bits per heavy atom. The summed E-state index contributed by atoms with van der Waals surface area (Å²) in [5.74, 6) is -0.485. The lowest BCUT2D eigenvalue weighted by Gasteiger charge is -2.29. The molecule has 150 valence electrons. The predicted octanol–water partition coefficient (Wildman–Crippen LogP) is 4.93. The van der Waals surface area contributed by atoms with E-state index in [-0.39, 0.29) is 29.8 Å². The van der Waals surface area contributed by atoms with Crippen LogP contribution in [0.15, 0.2) is 72.4 Å². The van der Waals surface area contributed by atoms with Crippen molar-refractivity contribution in [1.29, 1.82) is 0 Å². The molecule has 0 radical (unpaired) electrons. The lowest BCUT2D eigenvalue weighted by Crippen LogP contribution is -2.37. The third-order valence-electron chi connectivity index (χ3n) is 5.55. The number of esters is 1. The highest BCUT2D eigenvalue weighted by molar-refractivity contribution is 9.25. The second-order valence-corrected chi connectivity index (χ2v) is 11.0. The van der Waals surface area contributed by atoms with Crippen LogP contribution in [0, 0.1) is 11.8 Å². The second kappa shape index (κ2) is 8.07. The molecule has 0 aromatic heterocycles. The summed E-state index contributed by atoms with van der Waals surface area (Å²) in [5.41, 5.74) is 2.29. The van der Waals surface area contributed by atoms with Crippen molar-refractivity contribution in [2.45, 2.75) is 22.6 Å². The van der Waals surface area contributed by atoms with Gasteiger partial charge >= 0.3 is 5.97 Å². The third-order valence-corrected chi connectivity index (χ3v) is 7.54. The maximum absolute atomic E-state index is 13.2. The molecule has 0 saturated heterocycles. The largest absolute Gasteiger partial charge is 0.463 e. The Morgan fingerprint density at radius 1 is 1.03 bits per heavy atom. The first-order valence-corrected chi connectivity index (χ1v) is 11.2. The molecule has 2 aliphatic rings. The quantitative estimate of drug-likeness (QED) is 0.416. The highest BCUT2D eigenvalue weighted by Crippen LogP contribution is 2.66. The number of ether oxygens (including phenoxy) is 1. The number of carbonyl (C=O) groups is 2. The van der Waals surface area contributed by atoms with Crippen molar-refractivity contribution >= 4 is 43.7 Å². The molecule has 0 N–H and O–H groups in total. The normalized spacial score (nSPS) is 24.3. The summed E-state index contributed by atoms with van der Waals surface area (Å²) in [5, 5.41) is 0. The Labute approximate surface area is 187 Å². The number of carbonyl (C=O) groups excluding carboxylic acids is 2. The predicted molar refractivity (Wildman–Crippen MR) is 119 cm³/mol. The van der Waals surface area contributed by atoms with E-state index in [4.69, 9.17) is 4.74 Å². The molecule has 1 fully saturated rings. The smallest absolute Gasteiger partial charge is 0.335 e. The van der Waals surface area contributed by atoms with Gasteiger partial charge in [-0.3, -0.25) is 4.79 Å². The SMILES string of the molecule is CCOC(=O)C1=CN(C(=O)c2ccccc2)[C@@H]2[C@H]([C@@H]1Cc1ccccc1)C2(Br)Br. The van der Waals surface area contributed by atoms with Crippen LogP contribution in [0.1, 0.15) is 22.8 Å². The maximum atomic E-state index is 13.2. The van der Waals surface area contributed by atoms with Crippen molar-refractivity contribution in [3.05, 3.63) is 83.6 Å². The van der Waals surface area contributed by atoms with Crippen molar-refractivity contribution in [3.63, 3.8) is 0 Å². The molecule has 1 saturated carbocycles. The van der Waals surface area contributed by atoms with Crippen LogP contribution < -0.4 is 0 Å². The molecule has 1 aliphatic heterocycles. The summed E-state index contributed by atoms with van der Waals surface area (Å²) in [6.45, 7) is 2.09. The molecule has 4 nitrogen and oxygen atoms in total. The van der Waals surface area contributed by atoms with Crippen molar-refractivity contribution < 1.29 is 14.3 Å². The topological polar surface area (TPSA) is 46.6 Å². The average Bonchev–Trinajstić information content (AvgIpc) is 3.31. The van der Waals surface area contributed by atoms with E-state index in [0.717, 1.165) is 5.56 Å². The fraction of sp³-hybridized carbons (Fsp3) is 0.304. The molecular formula is C23H21Br2NO3. The number of halogens is 2. The molecule has 1 amide bonds. The molecule has 1 aliphatic carbocycles. The summed E-state index contributed by atoms with van der Waals surface area (Å²) >= 11 is 7.53. The van der Waals surface area contributed by atoms with E-state index in [1.165, 1.54) is 0 Å². The minimum Gasteiger partial charge on any atom is -0.463 e. The first-order chi connectivity index (χ1) is 13.9. The molecule has 0 spiro atoms. The highest BCUT2D eigenvalue weighted by Gasteiger charge is 2.70. The third kappa shape index (κ3) is 3.80. The average molecular weight is 519 g/mol. The van der Waals surface area contributed by atoms with E-state index in [1.807, 2.05) is 36.4 Å². The summed E-state index contributed by atoms with van der Waals surface area (Å²) in [4.78, 5) is 27.7. The van der Waals surface area contributed by atoms with Crippen molar-refractivity contribution in [2.75, 3.05) is 6.61 Å². The van der Waals surface area contributed by atoms with Crippen molar-refractivity contribution in [1.82, 2.24) is 4.90 Å². The minimum absolute atomic E-state index is 0.0553. The Morgan fingerprint density at radius 2 is 1.66 bits per heavy atom. The number of rotatable bonds is 5. The molecule has 1 heterocycles. The number of alkyl halides is 2. The first kappa shape index (κ1) is 20.4. The number of hydrogen-bond donors (Lipinski definition) is 0. The number of amides is 1. The van der Waals surface area contributed by atoms with E-state index in [1.54, 1.807) is 30.2 Å². The molecule has 0 bridgehead atoms. The molecule has 3 atom stereocenters. The van der Waals surface area contributed by atoms with Crippen LogP contribution in [0.5, 0.6) is 0 Å². The van der Waals surface area contributed by atoms with Crippen LogP contribution in [0.2, 0.25) is 0 Å². The molecule has 0 unspecified atom stereocenters. The molecule has 2 aromatic rings. The Hall–Kier alpha value is -1.92. The van der Waals surface area contributed by atoms with Gasteiger partial charge in [-0.1, -0.05) is 80.4 Å². The Balaban J connectivity index is 1.73. The van der Waals surface area contributed by atoms with Gasteiger partial charge in [0.25, 0.3) is 5.91 Å². The van der Waals surface area contributed by atoms with Gasteiger partial charge in [0.2, 0.25) is 0 Å². The van der Waals surface area contributed by atoms with Crippen LogP contribution in [0.25, 0.3) is 0 Å². The molecular weight excluding hydrogens is 498 g/mol. The number of hydrogen-bond acceptors (Lipinski definition) is 3. The fourth-order valence-electron chi connectivity index (χ4n) is 4.14. The molecule has 2 aromatic carbocycles. The summed E-state index contributed by atoms with van der Waals surface area (Å²) in [6.07, 6.45) is 2.41. The molecule has 6 heteroatoms. The monoisotopic (exact) mass is 517 g/mol. The second-order valence-electron chi connectivity index (χ2n) is 7.32. The number of nitrogens with zero attached hydrogens (tertiary/aromatic N) is 1. The standard InChI is InChI=1S/C23H21Br2NO3/c1-2-29-22(28)18-14-26(21(27)16-11-7-4-8-12-16)20-19(23(20,24)25)17(18)13-15-9-5-3-6-10-15/h3-12,14,17,19-20H,2,13H2,1H3/t17-,19+,20-/m1/s1. The van der Waals surface area contributed by atoms with Gasteiger partial charge < -0.3 is 9.64 Å². The van der Waals surface area contributed by atoms with Gasteiger partial charge in [-0.05, 0) is 31.0 Å². The highest BCUT2D eigenvalue weighted by atomic mass is 79.9. The fourth-order valence-corrected chi connectivity index (χ4v) is 6.02. The van der Waals surface area contributed by atoms with E-state index in [9.17, 15) is 9.59 Å². The van der Waals surface area contributed by atoms with E-state index in [0.29, 0.717) is 24.2 Å². The minimum atomic E-state index is -0.436. The van der Waals surface area contributed by atoms with Gasteiger partial charge in [0.1, 0.15) is 3.23 Å². The van der Waals surface area contributed by atoms with E-state index < -0.39 is 3.23 Å². The summed E-state index contributed by atoms with van der Waals surface area (Å²) in [7, 11) is 0. The van der Waals surface area contributed by atoms with E-state index >= 15 is 0 Å². The zero-order chi connectivity index (χ0) is 20.6. The summed E-state index contributed by atoms with van der Waals surface area (Å²) < 4.78 is 4.91. The van der Waals surface area contributed by atoms with Crippen LogP contribution in [-0.4, -0.2) is 32.7 Å². The van der Waals surface area contributed by atoms with Gasteiger partial charge in [-0.2, -0.15) is 0 Å². The molecule has 29 heavy (non-hydrogen) atoms. The Kier molecular flexibility index (Phi) is 5.67. The van der Waals surface area contributed by atoms with Crippen LogP contribution in [0.3, 0.4) is 0 Å². The zero-order valence-corrected chi connectivity index (χ0v) is 19.1. The van der Waals surface area contributed by atoms with Crippen LogP contribution >= 0.6 is 31.9 Å². The zero-order valence-electron chi connectivity index (χ0n) is 15.9. The van der Waals surface area contributed by atoms with Gasteiger partial charge in [0.15, 0.2) is 0 Å². The number of fused-ring (bicyclic) bond motifs is 1. The Bertz CT molecular complexity index is 943. The van der Waals surface area contributed by atoms with Crippen LogP contribution in [0.4, 0.5) is 0 Å². The first-order valence-electron chi connectivity index (χ1n) is 9.63. The van der Waals surface area contributed by atoms with Crippen molar-refractivity contribution in [2.24, 2.45) is 11.8 Å². The van der Waals surface area contributed by atoms with Crippen molar-refractivity contribution in [3.8, 4) is 0 Å². The number of benzene rings is 2. The molecule has 4 rings (SSSR count). The summed E-state index contributed by atoms with van der Waals surface area (Å²) in [6, 6.07) is 19.1. The lowest BCUT2D eigenvalue weighted by molar-refractivity contribution is -0.139. The van der Waals surface area contributed by atoms with Gasteiger partial charge in [0.05, 0.1) is 18.2 Å². The van der Waals surface area contributed by atoms with Crippen LogP contribution in [-0.2, 0) is 16.0 Å². The van der Waals surface area contributed by atoms with E-state index in [2.05, 4.69) is 44.0 Å². The maximum Gasteiger partial charge on any atom is 0.335 e. The lowest BCUT2D eigenvalue weighted by atomic mass is 9.85. The van der Waals surface area contributed by atoms with Gasteiger partial charge in [0, 0.05) is 23.6 Å². The van der Waals surface area contributed by atoms with Gasteiger partial charge in [-0.25, -0.2) is 4.79 Å². The van der Waals surface area contributed by atoms with Gasteiger partial charge in [-0.15, -0.1) is 0 Å².